The maximum Gasteiger partial charge on any atom is 0.270 e. The number of nitro benzene ring substituents is 1. The third-order valence-electron chi connectivity index (χ3n) is 4.51. The van der Waals surface area contributed by atoms with Gasteiger partial charge in [0.2, 0.25) is 0 Å². The van der Waals surface area contributed by atoms with Gasteiger partial charge in [0.15, 0.2) is 0 Å². The monoisotopic (exact) mass is 317 g/mol. The lowest BCUT2D eigenvalue weighted by Crippen LogP contribution is -2.28. The van der Waals surface area contributed by atoms with E-state index in [0.29, 0.717) is 17.9 Å². The molecule has 0 unspecified atom stereocenters. The highest BCUT2D eigenvalue weighted by Gasteiger charge is 2.20. The van der Waals surface area contributed by atoms with Crippen molar-refractivity contribution < 1.29 is 10.0 Å². The van der Waals surface area contributed by atoms with E-state index in [1.165, 1.54) is 41.9 Å². The fourth-order valence-corrected chi connectivity index (χ4v) is 3.32. The van der Waals surface area contributed by atoms with Gasteiger partial charge in [0.1, 0.15) is 0 Å². The van der Waals surface area contributed by atoms with Gasteiger partial charge in [0, 0.05) is 12.1 Å². The number of hydrogen-bond donors (Lipinski definition) is 1. The first-order valence-electron chi connectivity index (χ1n) is 7.86. The average Bonchev–Trinajstić information content (AvgIpc) is 3.02. The van der Waals surface area contributed by atoms with Gasteiger partial charge in [-0.25, -0.2) is 4.98 Å². The van der Waals surface area contributed by atoms with Crippen LogP contribution in [0.15, 0.2) is 29.3 Å². The third kappa shape index (κ3) is 3.39. The van der Waals surface area contributed by atoms with Crippen LogP contribution in [0, 0.1) is 16.0 Å². The van der Waals surface area contributed by atoms with Crippen molar-refractivity contribution >= 4 is 16.6 Å². The summed E-state index contributed by atoms with van der Waals surface area (Å²) in [5.74, 6) is 0.523. The van der Waals surface area contributed by atoms with E-state index >= 15 is 0 Å². The summed E-state index contributed by atoms with van der Waals surface area (Å²) in [7, 11) is 0. The summed E-state index contributed by atoms with van der Waals surface area (Å²) >= 11 is 0. The van der Waals surface area contributed by atoms with Crippen molar-refractivity contribution in [2.45, 2.75) is 44.8 Å². The van der Waals surface area contributed by atoms with Crippen molar-refractivity contribution in [3.8, 4) is 0 Å². The molecule has 7 nitrogen and oxygen atoms in total. The molecule has 0 amide bonds. The van der Waals surface area contributed by atoms with Gasteiger partial charge in [-0.1, -0.05) is 25.7 Å². The molecule has 7 heteroatoms. The fraction of sp³-hybridized carbons (Fsp3) is 0.500. The Morgan fingerprint density at radius 3 is 2.83 bits per heavy atom. The van der Waals surface area contributed by atoms with Crippen molar-refractivity contribution in [3.63, 3.8) is 0 Å². The van der Waals surface area contributed by atoms with E-state index in [1.807, 2.05) is 0 Å². The van der Waals surface area contributed by atoms with Crippen LogP contribution in [0.1, 0.15) is 32.1 Å². The van der Waals surface area contributed by atoms with Crippen LogP contribution in [-0.4, -0.2) is 25.7 Å². The normalized spacial score (nSPS) is 16.7. The van der Waals surface area contributed by atoms with Gasteiger partial charge in [0.05, 0.1) is 34.8 Å². The van der Waals surface area contributed by atoms with Crippen LogP contribution in [0.4, 0.5) is 5.69 Å². The lowest BCUT2D eigenvalue weighted by atomic mass is 10.00. The highest BCUT2D eigenvalue weighted by Crippen LogP contribution is 2.28. The first kappa shape index (κ1) is 15.6. The molecule has 23 heavy (non-hydrogen) atoms. The van der Waals surface area contributed by atoms with Gasteiger partial charge >= 0.3 is 0 Å². The van der Waals surface area contributed by atoms with E-state index in [4.69, 9.17) is 0 Å². The van der Waals surface area contributed by atoms with Crippen LogP contribution in [0.3, 0.4) is 0 Å². The number of rotatable bonds is 5. The zero-order valence-electron chi connectivity index (χ0n) is 12.7. The van der Waals surface area contributed by atoms with Gasteiger partial charge in [0.25, 0.3) is 11.2 Å². The van der Waals surface area contributed by atoms with Gasteiger partial charge in [-0.2, -0.15) is 0 Å². The molecular formula is C16H19N3O4. The molecule has 0 spiro atoms. The van der Waals surface area contributed by atoms with Crippen LogP contribution in [0.2, 0.25) is 0 Å². The zero-order chi connectivity index (χ0) is 16.4. The molecule has 1 saturated carbocycles. The summed E-state index contributed by atoms with van der Waals surface area (Å²) in [5, 5.41) is 21.3. The van der Waals surface area contributed by atoms with E-state index in [9.17, 15) is 20.0 Å². The number of nitrogens with zero attached hydrogens (tertiary/aromatic N) is 3. The van der Waals surface area contributed by atoms with Crippen LogP contribution in [-0.2, 0) is 6.54 Å². The minimum absolute atomic E-state index is 0.138. The SMILES string of the molecule is O=c1c2cc([N+](=O)[O-])ccc2ncn1C[C@@H](O)CC1CCCC1. The quantitative estimate of drug-likeness (QED) is 0.673. The second-order valence-electron chi connectivity index (χ2n) is 6.20. The molecule has 3 rings (SSSR count). The predicted octanol–water partition coefficient (Wildman–Crippen LogP) is 2.25. The topological polar surface area (TPSA) is 98.3 Å². The largest absolute Gasteiger partial charge is 0.391 e. The Labute approximate surface area is 132 Å². The molecule has 0 bridgehead atoms. The number of aliphatic hydroxyl groups excluding tert-OH is 1. The van der Waals surface area contributed by atoms with Crippen molar-refractivity contribution in [2.24, 2.45) is 5.92 Å². The first-order chi connectivity index (χ1) is 11.0. The number of fused-ring (bicyclic) bond motifs is 1. The second-order valence-corrected chi connectivity index (χ2v) is 6.20. The van der Waals surface area contributed by atoms with Gasteiger partial charge in [-0.3, -0.25) is 19.5 Å². The minimum atomic E-state index is -0.603. The van der Waals surface area contributed by atoms with Gasteiger partial charge in [-0.15, -0.1) is 0 Å². The maximum absolute atomic E-state index is 12.5. The summed E-state index contributed by atoms with van der Waals surface area (Å²) in [6.45, 7) is 0.168. The first-order valence-corrected chi connectivity index (χ1v) is 7.86. The average molecular weight is 317 g/mol. The minimum Gasteiger partial charge on any atom is -0.391 e. The van der Waals surface area contributed by atoms with E-state index < -0.39 is 11.0 Å². The van der Waals surface area contributed by atoms with E-state index in [-0.39, 0.29) is 23.2 Å². The fourth-order valence-electron chi connectivity index (χ4n) is 3.32. The Morgan fingerprint density at radius 1 is 1.39 bits per heavy atom. The molecule has 1 aromatic carbocycles. The van der Waals surface area contributed by atoms with Crippen molar-refractivity contribution in [2.75, 3.05) is 0 Å². The van der Waals surface area contributed by atoms with Crippen LogP contribution in [0.25, 0.3) is 10.9 Å². The van der Waals surface area contributed by atoms with Gasteiger partial charge in [-0.05, 0) is 18.4 Å². The molecule has 1 aromatic heterocycles. The highest BCUT2D eigenvalue weighted by molar-refractivity contribution is 5.79. The Morgan fingerprint density at radius 2 is 2.13 bits per heavy atom. The van der Waals surface area contributed by atoms with E-state index in [0.717, 1.165) is 12.8 Å². The molecule has 0 saturated heterocycles. The second kappa shape index (κ2) is 6.45. The summed E-state index contributed by atoms with van der Waals surface area (Å²) in [4.78, 5) is 26.9. The van der Waals surface area contributed by atoms with Crippen molar-refractivity contribution in [1.29, 1.82) is 0 Å². The van der Waals surface area contributed by atoms with Gasteiger partial charge < -0.3 is 5.11 Å². The molecule has 1 aliphatic carbocycles. The third-order valence-corrected chi connectivity index (χ3v) is 4.51. The Bertz CT molecular complexity index is 780. The smallest absolute Gasteiger partial charge is 0.270 e. The number of hydrogen-bond acceptors (Lipinski definition) is 5. The van der Waals surface area contributed by atoms with E-state index in [1.54, 1.807) is 0 Å². The highest BCUT2D eigenvalue weighted by atomic mass is 16.6. The Kier molecular flexibility index (Phi) is 4.38. The summed E-state index contributed by atoms with van der Waals surface area (Å²) in [6.07, 6.45) is 6.15. The maximum atomic E-state index is 12.5. The molecular weight excluding hydrogens is 298 g/mol. The Hall–Kier alpha value is -2.28. The molecule has 1 aliphatic rings. The van der Waals surface area contributed by atoms with E-state index in [2.05, 4.69) is 4.98 Å². The standard InChI is InChI=1S/C16H19N3O4/c20-13(7-11-3-1-2-4-11)9-18-10-17-15-6-5-12(19(22)23)8-14(15)16(18)21/h5-6,8,10-11,13,20H,1-4,7,9H2/t13-/m0/s1. The molecule has 1 N–H and O–H groups in total. The van der Waals surface area contributed by atoms with Crippen LogP contribution < -0.4 is 5.56 Å². The van der Waals surface area contributed by atoms with Crippen LogP contribution in [0.5, 0.6) is 0 Å². The summed E-state index contributed by atoms with van der Waals surface area (Å²) < 4.78 is 1.34. The lowest BCUT2D eigenvalue weighted by Gasteiger charge is -2.16. The number of aromatic nitrogens is 2. The number of non-ortho nitro benzene ring substituents is 1. The molecule has 1 fully saturated rings. The number of aliphatic hydroxyl groups is 1. The predicted molar refractivity (Wildman–Crippen MR) is 85.2 cm³/mol. The summed E-state index contributed by atoms with van der Waals surface area (Å²) in [6, 6.07) is 4.03. The van der Waals surface area contributed by atoms with Crippen LogP contribution >= 0.6 is 0 Å². The lowest BCUT2D eigenvalue weighted by molar-refractivity contribution is -0.384. The molecule has 2 aromatic rings. The molecule has 0 radical (unpaired) electrons. The Balaban J connectivity index is 1.84. The number of benzene rings is 1. The zero-order valence-corrected chi connectivity index (χ0v) is 12.7. The van der Waals surface area contributed by atoms with Crippen molar-refractivity contribution in [1.82, 2.24) is 9.55 Å². The molecule has 122 valence electrons. The molecule has 0 aliphatic heterocycles. The molecule has 1 atom stereocenters. The molecule has 1 heterocycles. The number of nitro groups is 1. The summed E-state index contributed by atoms with van der Waals surface area (Å²) in [5.41, 5.74) is -0.0769. The van der Waals surface area contributed by atoms with Crippen molar-refractivity contribution in [3.05, 3.63) is 45.0 Å².